The van der Waals surface area contributed by atoms with Gasteiger partial charge in [-0.3, -0.25) is 9.59 Å². The quantitative estimate of drug-likeness (QED) is 0.765. The fraction of sp³-hybridized carbons (Fsp3) is 0.333. The van der Waals surface area contributed by atoms with E-state index in [1.807, 2.05) is 0 Å². The maximum Gasteiger partial charge on any atom is 0.279 e. The standard InChI is InChI=1S/C21H25N3O2/c1-22-21(26)16-9-5-10-17(13-16)23-20(25)14-24(2)19-12-6-8-15-7-3-4-11-18(15)19/h3-5,7,9-11,13,19H,6,8,12,14H2,1-2H3,(H,22,26)(H,23,25)/p+1/t19-/m0/s1. The van der Waals surface area contributed by atoms with Gasteiger partial charge in [0, 0.05) is 30.3 Å². The highest BCUT2D eigenvalue weighted by molar-refractivity contribution is 5.97. The van der Waals surface area contributed by atoms with Crippen LogP contribution in [0.4, 0.5) is 5.69 Å². The van der Waals surface area contributed by atoms with Crippen molar-refractivity contribution in [3.63, 3.8) is 0 Å². The zero-order chi connectivity index (χ0) is 18.5. The van der Waals surface area contributed by atoms with Crippen LogP contribution in [0.5, 0.6) is 0 Å². The summed E-state index contributed by atoms with van der Waals surface area (Å²) in [7, 11) is 3.67. The highest BCUT2D eigenvalue weighted by Gasteiger charge is 2.27. The van der Waals surface area contributed by atoms with Gasteiger partial charge in [-0.15, -0.1) is 0 Å². The molecule has 2 amide bonds. The third kappa shape index (κ3) is 4.11. The maximum atomic E-state index is 12.5. The Hall–Kier alpha value is -2.66. The predicted octanol–water partition coefficient (Wildman–Crippen LogP) is 1.58. The third-order valence-corrected chi connectivity index (χ3v) is 5.04. The molecule has 0 radical (unpaired) electrons. The number of aryl methyl sites for hydroxylation is 1. The summed E-state index contributed by atoms with van der Waals surface area (Å²) in [5.41, 5.74) is 3.95. The van der Waals surface area contributed by atoms with Crippen molar-refractivity contribution in [2.45, 2.75) is 25.3 Å². The summed E-state index contributed by atoms with van der Waals surface area (Å²) in [6, 6.07) is 15.9. The Morgan fingerprint density at radius 2 is 1.96 bits per heavy atom. The summed E-state index contributed by atoms with van der Waals surface area (Å²) in [6.07, 6.45) is 3.38. The molecule has 26 heavy (non-hydrogen) atoms. The molecule has 1 aliphatic rings. The summed E-state index contributed by atoms with van der Waals surface area (Å²) in [4.78, 5) is 25.4. The normalized spacial score (nSPS) is 17.1. The molecular formula is C21H26N3O2+. The van der Waals surface area contributed by atoms with Crippen LogP contribution in [0.1, 0.15) is 40.4 Å². The predicted molar refractivity (Wildman–Crippen MR) is 102 cm³/mol. The Balaban J connectivity index is 1.65. The number of carbonyl (C=O) groups excluding carboxylic acids is 2. The van der Waals surface area contributed by atoms with Crippen LogP contribution < -0.4 is 15.5 Å². The SMILES string of the molecule is CNC(=O)c1cccc(NC(=O)C[NH+](C)[C@H]2CCCc3ccccc32)c1. The van der Waals surface area contributed by atoms with Crippen LogP contribution in [0, 0.1) is 0 Å². The molecular weight excluding hydrogens is 326 g/mol. The summed E-state index contributed by atoms with van der Waals surface area (Å²) in [5.74, 6) is -0.206. The third-order valence-electron chi connectivity index (χ3n) is 5.04. The van der Waals surface area contributed by atoms with Crippen molar-refractivity contribution in [1.29, 1.82) is 0 Å². The highest BCUT2D eigenvalue weighted by atomic mass is 16.2. The molecule has 0 aromatic heterocycles. The number of quaternary nitrogens is 1. The van der Waals surface area contributed by atoms with E-state index in [2.05, 4.69) is 41.9 Å². The van der Waals surface area contributed by atoms with Crippen LogP contribution >= 0.6 is 0 Å². The average molecular weight is 352 g/mol. The van der Waals surface area contributed by atoms with E-state index in [1.54, 1.807) is 31.3 Å². The second kappa shape index (κ2) is 8.15. The van der Waals surface area contributed by atoms with Crippen LogP contribution in [0.3, 0.4) is 0 Å². The van der Waals surface area contributed by atoms with E-state index in [-0.39, 0.29) is 11.8 Å². The van der Waals surface area contributed by atoms with E-state index >= 15 is 0 Å². The Morgan fingerprint density at radius 1 is 1.15 bits per heavy atom. The number of amides is 2. The van der Waals surface area contributed by atoms with E-state index in [9.17, 15) is 9.59 Å². The van der Waals surface area contributed by atoms with Crippen molar-refractivity contribution in [3.8, 4) is 0 Å². The molecule has 3 rings (SSSR count). The number of benzene rings is 2. The molecule has 0 spiro atoms. The van der Waals surface area contributed by atoms with Gasteiger partial charge >= 0.3 is 0 Å². The molecule has 5 heteroatoms. The van der Waals surface area contributed by atoms with Gasteiger partial charge in [-0.1, -0.05) is 30.3 Å². The first-order valence-electron chi connectivity index (χ1n) is 9.10. The lowest BCUT2D eigenvalue weighted by molar-refractivity contribution is -0.905. The van der Waals surface area contributed by atoms with Crippen LogP contribution in [-0.2, 0) is 11.2 Å². The number of hydrogen-bond donors (Lipinski definition) is 3. The molecule has 0 saturated heterocycles. The van der Waals surface area contributed by atoms with Crippen molar-refractivity contribution in [3.05, 3.63) is 65.2 Å². The van der Waals surface area contributed by atoms with Crippen molar-refractivity contribution in [2.75, 3.05) is 26.0 Å². The smallest absolute Gasteiger partial charge is 0.279 e. The number of fused-ring (bicyclic) bond motifs is 1. The van der Waals surface area contributed by atoms with Crippen molar-refractivity contribution >= 4 is 17.5 Å². The Bertz CT molecular complexity index is 803. The van der Waals surface area contributed by atoms with Gasteiger partial charge < -0.3 is 15.5 Å². The van der Waals surface area contributed by atoms with E-state index in [1.165, 1.54) is 16.0 Å². The summed E-state index contributed by atoms with van der Waals surface area (Å²) in [5, 5.41) is 5.51. The lowest BCUT2D eigenvalue weighted by Gasteiger charge is -2.30. The first kappa shape index (κ1) is 18.1. The topological polar surface area (TPSA) is 62.6 Å². The second-order valence-corrected chi connectivity index (χ2v) is 6.87. The number of nitrogens with one attached hydrogen (secondary N) is 3. The van der Waals surface area contributed by atoms with Gasteiger partial charge in [0.1, 0.15) is 6.04 Å². The molecule has 136 valence electrons. The van der Waals surface area contributed by atoms with Crippen molar-refractivity contribution < 1.29 is 14.5 Å². The van der Waals surface area contributed by atoms with Gasteiger partial charge in [0.05, 0.1) is 7.05 Å². The van der Waals surface area contributed by atoms with E-state index in [0.29, 0.717) is 23.8 Å². The summed E-state index contributed by atoms with van der Waals surface area (Å²) in [6.45, 7) is 0.392. The fourth-order valence-electron chi connectivity index (χ4n) is 3.73. The number of rotatable bonds is 5. The van der Waals surface area contributed by atoms with Gasteiger partial charge in [-0.2, -0.15) is 0 Å². The van der Waals surface area contributed by atoms with Crippen LogP contribution in [0.25, 0.3) is 0 Å². The molecule has 1 aliphatic carbocycles. The second-order valence-electron chi connectivity index (χ2n) is 6.87. The van der Waals surface area contributed by atoms with Gasteiger partial charge in [-0.25, -0.2) is 0 Å². The van der Waals surface area contributed by atoms with Crippen LogP contribution in [0.2, 0.25) is 0 Å². The molecule has 5 nitrogen and oxygen atoms in total. The molecule has 2 aromatic carbocycles. The van der Waals surface area contributed by atoms with Gasteiger partial charge in [0.15, 0.2) is 6.54 Å². The van der Waals surface area contributed by atoms with E-state index < -0.39 is 0 Å². The van der Waals surface area contributed by atoms with Crippen molar-refractivity contribution in [1.82, 2.24) is 5.32 Å². The van der Waals surface area contributed by atoms with Gasteiger partial charge in [-0.05, 0) is 36.6 Å². The molecule has 0 aliphatic heterocycles. The average Bonchev–Trinajstić information content (AvgIpc) is 2.66. The monoisotopic (exact) mass is 352 g/mol. The minimum Gasteiger partial charge on any atom is -0.355 e. The first-order valence-corrected chi connectivity index (χ1v) is 9.10. The zero-order valence-electron chi connectivity index (χ0n) is 15.3. The number of anilines is 1. The van der Waals surface area contributed by atoms with Crippen LogP contribution in [0.15, 0.2) is 48.5 Å². The Labute approximate surface area is 154 Å². The number of carbonyl (C=O) groups is 2. The van der Waals surface area contributed by atoms with Gasteiger partial charge in [0.2, 0.25) is 0 Å². The molecule has 0 heterocycles. The lowest BCUT2D eigenvalue weighted by atomic mass is 9.87. The molecule has 0 saturated carbocycles. The molecule has 2 aromatic rings. The molecule has 0 bridgehead atoms. The van der Waals surface area contributed by atoms with E-state index in [0.717, 1.165) is 19.3 Å². The largest absolute Gasteiger partial charge is 0.355 e. The Kier molecular flexibility index (Phi) is 5.68. The number of likely N-dealkylation sites (N-methyl/N-ethyl adjacent to an activating group) is 1. The zero-order valence-corrected chi connectivity index (χ0v) is 15.3. The number of hydrogen-bond acceptors (Lipinski definition) is 2. The first-order chi connectivity index (χ1) is 12.6. The highest BCUT2D eigenvalue weighted by Crippen LogP contribution is 2.27. The fourth-order valence-corrected chi connectivity index (χ4v) is 3.73. The lowest BCUT2D eigenvalue weighted by Crippen LogP contribution is -3.10. The van der Waals surface area contributed by atoms with E-state index in [4.69, 9.17) is 0 Å². The minimum atomic E-state index is -0.164. The Morgan fingerprint density at radius 3 is 2.77 bits per heavy atom. The molecule has 3 N–H and O–H groups in total. The summed E-state index contributed by atoms with van der Waals surface area (Å²) < 4.78 is 0. The van der Waals surface area contributed by atoms with Crippen molar-refractivity contribution in [2.24, 2.45) is 0 Å². The molecule has 1 unspecified atom stereocenters. The molecule has 0 fully saturated rings. The summed E-state index contributed by atoms with van der Waals surface area (Å²) >= 11 is 0. The molecule has 2 atom stereocenters. The van der Waals surface area contributed by atoms with Crippen LogP contribution in [-0.4, -0.2) is 32.5 Å². The minimum absolute atomic E-state index is 0.0420. The maximum absolute atomic E-state index is 12.5. The van der Waals surface area contributed by atoms with Gasteiger partial charge in [0.25, 0.3) is 11.8 Å².